The average molecular weight is 422 g/mol. The smallest absolute Gasteiger partial charge is 0.337 e. The number of carboxylic acid groups (broad SMARTS) is 1. The van der Waals surface area contributed by atoms with Crippen molar-refractivity contribution in [3.05, 3.63) is 90.6 Å². The summed E-state index contributed by atoms with van der Waals surface area (Å²) in [6.07, 6.45) is 28.4. The van der Waals surface area contributed by atoms with Gasteiger partial charge in [-0.2, -0.15) is 0 Å². The Balaban J connectivity index is 2.10. The molecule has 0 aromatic heterocycles. The first-order chi connectivity index (χ1) is 15.1. The second kappa shape index (κ2) is 17.7. The van der Waals surface area contributed by atoms with Crippen LogP contribution in [0.4, 0.5) is 5.69 Å². The van der Waals surface area contributed by atoms with E-state index in [0.717, 1.165) is 44.9 Å². The molecule has 0 unspecified atom stereocenters. The lowest BCUT2D eigenvalue weighted by molar-refractivity contribution is -0.116. The van der Waals surface area contributed by atoms with Gasteiger partial charge in [0.1, 0.15) is 0 Å². The minimum Gasteiger partial charge on any atom is -0.478 e. The number of hydrogen-bond acceptors (Lipinski definition) is 2. The van der Waals surface area contributed by atoms with Crippen LogP contribution in [0.1, 0.15) is 68.6 Å². The van der Waals surface area contributed by atoms with Crippen molar-refractivity contribution in [3.63, 3.8) is 0 Å². The predicted molar refractivity (Wildman–Crippen MR) is 130 cm³/mol. The quantitative estimate of drug-likeness (QED) is 0.232. The van der Waals surface area contributed by atoms with E-state index in [0.29, 0.717) is 12.1 Å². The molecule has 1 aromatic rings. The lowest BCUT2D eigenvalue weighted by atomic mass is 10.1. The van der Waals surface area contributed by atoms with Crippen LogP contribution in [0.15, 0.2) is 85.0 Å². The van der Waals surface area contributed by atoms with E-state index in [-0.39, 0.29) is 11.5 Å². The lowest BCUT2D eigenvalue weighted by Gasteiger charge is -2.07. The lowest BCUT2D eigenvalue weighted by Crippen LogP contribution is -2.14. The summed E-state index contributed by atoms with van der Waals surface area (Å²) in [6.45, 7) is 2.14. The Labute approximate surface area is 186 Å². The zero-order valence-corrected chi connectivity index (χ0v) is 18.5. The molecule has 0 atom stereocenters. The Hall–Kier alpha value is -3.14. The summed E-state index contributed by atoms with van der Waals surface area (Å²) in [6, 6.07) is 6.43. The molecule has 0 aliphatic heterocycles. The summed E-state index contributed by atoms with van der Waals surface area (Å²) >= 11 is 0. The van der Waals surface area contributed by atoms with E-state index < -0.39 is 5.97 Å². The largest absolute Gasteiger partial charge is 0.478 e. The van der Waals surface area contributed by atoms with Crippen LogP contribution >= 0.6 is 0 Å². The molecule has 1 amide bonds. The maximum Gasteiger partial charge on any atom is 0.337 e. The summed E-state index contributed by atoms with van der Waals surface area (Å²) in [5, 5.41) is 11.8. The Morgan fingerprint density at radius 1 is 0.806 bits per heavy atom. The number of allylic oxidation sites excluding steroid dienone is 10. The van der Waals surface area contributed by atoms with Gasteiger partial charge in [-0.3, -0.25) is 4.79 Å². The van der Waals surface area contributed by atoms with Crippen molar-refractivity contribution in [2.75, 3.05) is 5.32 Å². The summed E-state index contributed by atoms with van der Waals surface area (Å²) in [5.41, 5.74) is 0.448. The van der Waals surface area contributed by atoms with Crippen LogP contribution in [0.2, 0.25) is 0 Å². The van der Waals surface area contributed by atoms with E-state index in [1.807, 2.05) is 0 Å². The number of aromatic carboxylic acids is 1. The fraction of sp³-hybridized carbons (Fsp3) is 0.333. The number of carbonyl (C=O) groups excluding carboxylic acids is 1. The van der Waals surface area contributed by atoms with Gasteiger partial charge in [-0.1, -0.05) is 79.8 Å². The van der Waals surface area contributed by atoms with Crippen molar-refractivity contribution in [2.24, 2.45) is 0 Å². The van der Waals surface area contributed by atoms with Crippen LogP contribution < -0.4 is 5.32 Å². The van der Waals surface area contributed by atoms with Gasteiger partial charge in [-0.15, -0.1) is 0 Å². The molecule has 0 radical (unpaired) electrons. The molecular weight excluding hydrogens is 386 g/mol. The molecule has 4 nitrogen and oxygen atoms in total. The molecule has 0 heterocycles. The van der Waals surface area contributed by atoms with E-state index in [2.05, 4.69) is 73.0 Å². The van der Waals surface area contributed by atoms with Crippen LogP contribution in [-0.2, 0) is 4.79 Å². The highest BCUT2D eigenvalue weighted by Gasteiger charge is 2.10. The third-order valence-electron chi connectivity index (χ3n) is 4.36. The van der Waals surface area contributed by atoms with Gasteiger partial charge in [-0.05, 0) is 57.1 Å². The number of benzene rings is 1. The normalized spacial score (nSPS) is 12.2. The van der Waals surface area contributed by atoms with Gasteiger partial charge in [0, 0.05) is 6.42 Å². The van der Waals surface area contributed by atoms with Crippen molar-refractivity contribution in [1.82, 2.24) is 0 Å². The molecule has 166 valence electrons. The second-order valence-electron chi connectivity index (χ2n) is 7.00. The molecule has 0 saturated carbocycles. The van der Waals surface area contributed by atoms with Gasteiger partial charge in [0.2, 0.25) is 5.91 Å². The van der Waals surface area contributed by atoms with Crippen molar-refractivity contribution in [1.29, 1.82) is 0 Å². The fourth-order valence-corrected chi connectivity index (χ4v) is 2.74. The average Bonchev–Trinajstić information content (AvgIpc) is 2.76. The second-order valence-corrected chi connectivity index (χ2v) is 7.00. The Morgan fingerprint density at radius 3 is 1.87 bits per heavy atom. The molecule has 0 spiro atoms. The molecule has 31 heavy (non-hydrogen) atoms. The van der Waals surface area contributed by atoms with Crippen LogP contribution in [0, 0.1) is 0 Å². The van der Waals surface area contributed by atoms with Crippen molar-refractivity contribution >= 4 is 17.6 Å². The Kier molecular flexibility index (Phi) is 14.8. The van der Waals surface area contributed by atoms with Gasteiger partial charge < -0.3 is 10.4 Å². The van der Waals surface area contributed by atoms with Crippen LogP contribution in [0.5, 0.6) is 0 Å². The number of carboxylic acids is 1. The van der Waals surface area contributed by atoms with Gasteiger partial charge in [0.05, 0.1) is 11.3 Å². The minimum absolute atomic E-state index is 0.105. The topological polar surface area (TPSA) is 66.4 Å². The Morgan fingerprint density at radius 2 is 1.32 bits per heavy atom. The van der Waals surface area contributed by atoms with E-state index in [1.54, 1.807) is 18.2 Å². The van der Waals surface area contributed by atoms with E-state index >= 15 is 0 Å². The highest BCUT2D eigenvalue weighted by atomic mass is 16.4. The maximum absolute atomic E-state index is 12.0. The molecule has 4 heteroatoms. The number of hydrogen-bond donors (Lipinski definition) is 2. The van der Waals surface area contributed by atoms with Crippen LogP contribution in [-0.4, -0.2) is 17.0 Å². The molecule has 1 aromatic carbocycles. The highest BCUT2D eigenvalue weighted by Crippen LogP contribution is 2.15. The van der Waals surface area contributed by atoms with Crippen LogP contribution in [0.25, 0.3) is 0 Å². The zero-order valence-electron chi connectivity index (χ0n) is 18.5. The number of para-hydroxylation sites is 1. The minimum atomic E-state index is -1.05. The molecule has 1 rings (SSSR count). The summed E-state index contributed by atoms with van der Waals surface area (Å²) < 4.78 is 0. The van der Waals surface area contributed by atoms with Gasteiger partial charge in [0.25, 0.3) is 0 Å². The van der Waals surface area contributed by atoms with Crippen molar-refractivity contribution < 1.29 is 14.7 Å². The third-order valence-corrected chi connectivity index (χ3v) is 4.36. The van der Waals surface area contributed by atoms with Crippen molar-refractivity contribution in [3.8, 4) is 0 Å². The van der Waals surface area contributed by atoms with Gasteiger partial charge in [0.15, 0.2) is 0 Å². The zero-order chi connectivity index (χ0) is 22.6. The third kappa shape index (κ3) is 13.7. The fourth-order valence-electron chi connectivity index (χ4n) is 2.74. The number of anilines is 1. The first-order valence-electron chi connectivity index (χ1n) is 11.0. The SMILES string of the molecule is CC/C=C\C/C=C\C/C=C\C/C=C\C/C=C\CCCC(=O)Nc1ccccc1C(=O)O. The Bertz CT molecular complexity index is 800. The number of unbranched alkanes of at least 4 members (excludes halogenated alkanes) is 1. The molecule has 0 aliphatic rings. The van der Waals surface area contributed by atoms with Crippen LogP contribution in [0.3, 0.4) is 0 Å². The molecule has 0 saturated heterocycles. The molecule has 0 bridgehead atoms. The molecule has 0 aliphatic carbocycles. The first-order valence-corrected chi connectivity index (χ1v) is 11.0. The maximum atomic E-state index is 12.0. The highest BCUT2D eigenvalue weighted by molar-refractivity contribution is 6.00. The molecule has 2 N–H and O–H groups in total. The van der Waals surface area contributed by atoms with E-state index in [9.17, 15) is 9.59 Å². The molecular formula is C27H35NO3. The summed E-state index contributed by atoms with van der Waals surface area (Å²) in [4.78, 5) is 23.1. The monoisotopic (exact) mass is 421 g/mol. The summed E-state index contributed by atoms with van der Waals surface area (Å²) in [7, 11) is 0. The first kappa shape index (κ1) is 25.9. The predicted octanol–water partition coefficient (Wildman–Crippen LogP) is 7.25. The van der Waals surface area contributed by atoms with E-state index in [4.69, 9.17) is 5.11 Å². The standard InChI is InChI=1S/C27H35NO3/c1-2-3-4-5-6-7-8-9-10-11-12-13-14-15-16-17-18-23-26(29)28-25-22-20-19-21-24(25)27(30)31/h3-4,6-7,9-10,12-13,15-16,19-22H,2,5,8,11,14,17-18,23H2,1H3,(H,28,29)(H,30,31)/b4-3-,7-6-,10-9-,13-12-,16-15-. The number of carbonyl (C=O) groups is 2. The molecule has 0 fully saturated rings. The summed E-state index contributed by atoms with van der Waals surface area (Å²) in [5.74, 6) is -1.21. The van der Waals surface area contributed by atoms with E-state index in [1.165, 1.54) is 6.07 Å². The van der Waals surface area contributed by atoms with Gasteiger partial charge >= 0.3 is 5.97 Å². The van der Waals surface area contributed by atoms with Crippen molar-refractivity contribution in [2.45, 2.75) is 58.3 Å². The number of amides is 1. The van der Waals surface area contributed by atoms with Gasteiger partial charge in [-0.25, -0.2) is 4.79 Å². The number of rotatable bonds is 15. The number of nitrogens with one attached hydrogen (secondary N) is 1.